The number of amides is 1. The summed E-state index contributed by atoms with van der Waals surface area (Å²) >= 11 is 1.45. The lowest BCUT2D eigenvalue weighted by atomic mass is 10.1. The van der Waals surface area contributed by atoms with Gasteiger partial charge in [0, 0.05) is 24.3 Å². The molecule has 1 atom stereocenters. The molecular weight excluding hydrogens is 388 g/mol. The molecule has 0 spiro atoms. The number of pyridine rings is 1. The summed E-state index contributed by atoms with van der Waals surface area (Å²) < 4.78 is 0. The molecule has 1 amide bonds. The smallest absolute Gasteiger partial charge is 0.255 e. The number of aromatic nitrogens is 2. The number of fused-ring (bicyclic) bond motifs is 1. The number of thiazole rings is 1. The number of benzene rings is 1. The molecule has 4 N–H and O–H groups in total. The second kappa shape index (κ2) is 8.86. The lowest BCUT2D eigenvalue weighted by Gasteiger charge is -2.18. The second-order valence-corrected chi connectivity index (χ2v) is 8.61. The summed E-state index contributed by atoms with van der Waals surface area (Å²) in [4.78, 5) is 22.7. The second-order valence-electron chi connectivity index (χ2n) is 7.63. The van der Waals surface area contributed by atoms with Crippen molar-refractivity contribution < 1.29 is 15.0 Å². The van der Waals surface area contributed by atoms with E-state index in [0.29, 0.717) is 34.6 Å². The first kappa shape index (κ1) is 21.2. The first-order valence-corrected chi connectivity index (χ1v) is 10.3. The molecule has 3 aromatic rings. The van der Waals surface area contributed by atoms with E-state index in [2.05, 4.69) is 15.6 Å². The summed E-state index contributed by atoms with van der Waals surface area (Å²) in [6, 6.07) is 9.54. The minimum atomic E-state index is -0.860. The van der Waals surface area contributed by atoms with Crippen LogP contribution in [0.2, 0.25) is 0 Å². The Morgan fingerprint density at radius 3 is 2.66 bits per heavy atom. The summed E-state index contributed by atoms with van der Waals surface area (Å²) in [7, 11) is 0. The van der Waals surface area contributed by atoms with Gasteiger partial charge in [0.1, 0.15) is 15.4 Å². The molecule has 8 heteroatoms. The Balaban J connectivity index is 1.98. The van der Waals surface area contributed by atoms with Gasteiger partial charge in [0.15, 0.2) is 0 Å². The molecule has 0 aliphatic carbocycles. The van der Waals surface area contributed by atoms with Gasteiger partial charge in [-0.1, -0.05) is 41.7 Å². The van der Waals surface area contributed by atoms with Gasteiger partial charge in [-0.25, -0.2) is 9.97 Å². The third-order valence-corrected chi connectivity index (χ3v) is 5.39. The van der Waals surface area contributed by atoms with E-state index >= 15 is 0 Å². The van der Waals surface area contributed by atoms with Crippen LogP contribution in [-0.4, -0.2) is 50.9 Å². The standard InChI is InChI=1S/C21H26N4O3S/c1-13(12-26)24-16-15(18(27)22-10-9-21(2,3)28)11-23-20-17(16)25-19(29-20)14-7-5-4-6-8-14/h4-8,11,13,26,28H,9-10,12H2,1-3H3,(H,22,27)(H,23,24). The van der Waals surface area contributed by atoms with E-state index in [1.165, 1.54) is 17.5 Å². The van der Waals surface area contributed by atoms with Crippen LogP contribution in [0.3, 0.4) is 0 Å². The molecule has 2 aromatic heterocycles. The minimum absolute atomic E-state index is 0.0841. The molecule has 1 aromatic carbocycles. The van der Waals surface area contributed by atoms with Crippen molar-refractivity contribution in [1.82, 2.24) is 15.3 Å². The number of carbonyl (C=O) groups is 1. The number of rotatable bonds is 8. The molecule has 0 radical (unpaired) electrons. The van der Waals surface area contributed by atoms with Gasteiger partial charge in [0.05, 0.1) is 23.5 Å². The van der Waals surface area contributed by atoms with Crippen LogP contribution in [-0.2, 0) is 0 Å². The third kappa shape index (κ3) is 5.29. The molecular formula is C21H26N4O3S. The van der Waals surface area contributed by atoms with Crippen molar-refractivity contribution in [1.29, 1.82) is 0 Å². The van der Waals surface area contributed by atoms with E-state index in [4.69, 9.17) is 4.98 Å². The van der Waals surface area contributed by atoms with E-state index < -0.39 is 5.60 Å². The zero-order valence-electron chi connectivity index (χ0n) is 16.8. The van der Waals surface area contributed by atoms with Crippen molar-refractivity contribution in [3.05, 3.63) is 42.1 Å². The van der Waals surface area contributed by atoms with Crippen molar-refractivity contribution in [2.24, 2.45) is 0 Å². The maximum atomic E-state index is 12.8. The van der Waals surface area contributed by atoms with E-state index in [1.807, 2.05) is 37.3 Å². The van der Waals surface area contributed by atoms with Crippen LogP contribution in [0, 0.1) is 0 Å². The Labute approximate surface area is 173 Å². The summed E-state index contributed by atoms with van der Waals surface area (Å²) in [5.41, 5.74) is 1.63. The Morgan fingerprint density at radius 2 is 2.00 bits per heavy atom. The number of hydrogen-bond donors (Lipinski definition) is 4. The fourth-order valence-corrected chi connectivity index (χ4v) is 3.69. The molecule has 0 saturated heterocycles. The van der Waals surface area contributed by atoms with Gasteiger partial charge in [-0.3, -0.25) is 4.79 Å². The van der Waals surface area contributed by atoms with Gasteiger partial charge in [-0.15, -0.1) is 0 Å². The molecule has 2 heterocycles. The first-order valence-electron chi connectivity index (χ1n) is 9.51. The van der Waals surface area contributed by atoms with Crippen molar-refractivity contribution >= 4 is 33.3 Å². The fourth-order valence-electron chi connectivity index (χ4n) is 2.77. The van der Waals surface area contributed by atoms with Gasteiger partial charge in [-0.05, 0) is 27.2 Å². The van der Waals surface area contributed by atoms with Crippen LogP contribution in [0.1, 0.15) is 37.6 Å². The predicted molar refractivity (Wildman–Crippen MR) is 116 cm³/mol. The maximum Gasteiger partial charge on any atom is 0.255 e. The van der Waals surface area contributed by atoms with Crippen LogP contribution in [0.4, 0.5) is 5.69 Å². The summed E-state index contributed by atoms with van der Waals surface area (Å²) in [5, 5.41) is 26.2. The van der Waals surface area contributed by atoms with Gasteiger partial charge in [-0.2, -0.15) is 0 Å². The van der Waals surface area contributed by atoms with E-state index in [0.717, 1.165) is 10.6 Å². The Bertz CT molecular complexity index is 983. The largest absolute Gasteiger partial charge is 0.394 e. The highest BCUT2D eigenvalue weighted by Crippen LogP contribution is 2.34. The lowest BCUT2D eigenvalue weighted by molar-refractivity contribution is 0.0693. The highest BCUT2D eigenvalue weighted by Gasteiger charge is 2.21. The Kier molecular flexibility index (Phi) is 6.46. The van der Waals surface area contributed by atoms with Crippen LogP contribution in [0.25, 0.3) is 20.9 Å². The molecule has 0 bridgehead atoms. The minimum Gasteiger partial charge on any atom is -0.394 e. The SMILES string of the molecule is CC(CO)Nc1c(C(=O)NCCC(C)(C)O)cnc2sc(-c3ccccc3)nc12. The maximum absolute atomic E-state index is 12.8. The highest BCUT2D eigenvalue weighted by atomic mass is 32.1. The van der Waals surface area contributed by atoms with Crippen LogP contribution < -0.4 is 10.6 Å². The Morgan fingerprint density at radius 1 is 1.28 bits per heavy atom. The number of aliphatic hydroxyl groups is 2. The third-order valence-electron chi connectivity index (χ3n) is 4.38. The molecule has 29 heavy (non-hydrogen) atoms. The molecule has 0 fully saturated rings. The van der Waals surface area contributed by atoms with Gasteiger partial charge < -0.3 is 20.8 Å². The Hall–Kier alpha value is -2.55. The zero-order valence-corrected chi connectivity index (χ0v) is 17.6. The number of aliphatic hydroxyl groups excluding tert-OH is 1. The molecule has 154 valence electrons. The predicted octanol–water partition coefficient (Wildman–Crippen LogP) is 3.04. The molecule has 0 aliphatic rings. The summed E-state index contributed by atoms with van der Waals surface area (Å²) in [5.74, 6) is -0.300. The van der Waals surface area contributed by atoms with Crippen LogP contribution >= 0.6 is 11.3 Å². The van der Waals surface area contributed by atoms with Gasteiger partial charge in [0.25, 0.3) is 5.91 Å². The first-order chi connectivity index (χ1) is 13.8. The number of hydrogen-bond acceptors (Lipinski definition) is 7. The van der Waals surface area contributed by atoms with Crippen LogP contribution in [0.15, 0.2) is 36.5 Å². The van der Waals surface area contributed by atoms with Gasteiger partial charge in [0.2, 0.25) is 0 Å². The number of carbonyl (C=O) groups excluding carboxylic acids is 1. The molecule has 0 saturated carbocycles. The van der Waals surface area contributed by atoms with E-state index in [1.54, 1.807) is 13.8 Å². The quantitative estimate of drug-likeness (QED) is 0.451. The number of nitrogens with one attached hydrogen (secondary N) is 2. The fraction of sp³-hybridized carbons (Fsp3) is 0.381. The number of nitrogens with zero attached hydrogens (tertiary/aromatic N) is 2. The topological polar surface area (TPSA) is 107 Å². The molecule has 7 nitrogen and oxygen atoms in total. The van der Waals surface area contributed by atoms with Crippen LogP contribution in [0.5, 0.6) is 0 Å². The van der Waals surface area contributed by atoms with E-state index in [-0.39, 0.29) is 18.6 Å². The summed E-state index contributed by atoms with van der Waals surface area (Å²) in [6.07, 6.45) is 1.96. The molecule has 1 unspecified atom stereocenters. The van der Waals surface area contributed by atoms with Crippen molar-refractivity contribution in [3.8, 4) is 10.6 Å². The van der Waals surface area contributed by atoms with E-state index in [9.17, 15) is 15.0 Å². The summed E-state index contributed by atoms with van der Waals surface area (Å²) in [6.45, 7) is 5.47. The van der Waals surface area contributed by atoms with Crippen molar-refractivity contribution in [2.75, 3.05) is 18.5 Å². The molecule has 0 aliphatic heterocycles. The number of anilines is 1. The van der Waals surface area contributed by atoms with Crippen molar-refractivity contribution in [3.63, 3.8) is 0 Å². The van der Waals surface area contributed by atoms with Gasteiger partial charge >= 0.3 is 0 Å². The highest BCUT2D eigenvalue weighted by molar-refractivity contribution is 7.21. The van der Waals surface area contributed by atoms with Crippen molar-refractivity contribution in [2.45, 2.75) is 38.8 Å². The molecule has 3 rings (SSSR count). The average Bonchev–Trinajstić information content (AvgIpc) is 3.12. The normalized spacial score (nSPS) is 12.7. The lowest BCUT2D eigenvalue weighted by Crippen LogP contribution is -2.31. The average molecular weight is 415 g/mol. The monoisotopic (exact) mass is 414 g/mol. The zero-order chi connectivity index (χ0) is 21.0.